The highest BCUT2D eigenvalue weighted by molar-refractivity contribution is 8.00. The van der Waals surface area contributed by atoms with Crippen molar-refractivity contribution in [2.24, 2.45) is 0 Å². The molecule has 5 aromatic rings. The number of nitrogens with zero attached hydrogens (tertiary/aromatic N) is 2. The summed E-state index contributed by atoms with van der Waals surface area (Å²) < 4.78 is 37.7. The molecule has 4 aromatic carbocycles. The van der Waals surface area contributed by atoms with Gasteiger partial charge in [0.15, 0.2) is 5.13 Å². The van der Waals surface area contributed by atoms with E-state index < -0.39 is 50.8 Å². The number of alkyl carbamates (subject to hydrolysis) is 1. The summed E-state index contributed by atoms with van der Waals surface area (Å²) in [7, 11) is -3.97. The summed E-state index contributed by atoms with van der Waals surface area (Å²) in [5, 5.41) is 21.6. The number of phenols is 1. The van der Waals surface area contributed by atoms with Crippen molar-refractivity contribution in [1.82, 2.24) is 20.5 Å². The standard InChI is InChI=1S/C46H48N6O9S3/c1-45(2,3)61-44(57)47-22-24-64(58,59)51-36-20-19-31(25-37(36)53)42(56)60-23-21-30-27-52-40(55)39(41(52)62-28-30)49-38(54)26-35-29-63-43(48-35)50-46(32-13-7-4-8-14-32,33-15-9-5-10-16-33)34-17-11-6-12-18-34/h4-20,25,27,29,39,41,51,53H,21-24,26,28H2,1-3H3,(H,47,57)(H,48,50)(H,49,54)/t39?,41-/m0/s1. The van der Waals surface area contributed by atoms with Gasteiger partial charge in [0.25, 0.3) is 5.91 Å². The number of nitrogens with one attached hydrogen (secondary N) is 4. The van der Waals surface area contributed by atoms with E-state index >= 15 is 0 Å². The van der Waals surface area contributed by atoms with Crippen LogP contribution in [0.4, 0.5) is 15.6 Å². The molecular formula is C46H48N6O9S3. The fourth-order valence-electron chi connectivity index (χ4n) is 7.20. The van der Waals surface area contributed by atoms with Crippen molar-refractivity contribution in [3.63, 3.8) is 0 Å². The first-order chi connectivity index (χ1) is 30.6. The van der Waals surface area contributed by atoms with Gasteiger partial charge in [-0.2, -0.15) is 0 Å². The lowest BCUT2D eigenvalue weighted by Crippen LogP contribution is -2.68. The Morgan fingerprint density at radius 1 is 0.906 bits per heavy atom. The van der Waals surface area contributed by atoms with Crippen LogP contribution in [0.15, 0.2) is 126 Å². The number of fused-ring (bicyclic) bond motifs is 1. The normalized spacial score (nSPS) is 16.1. The Balaban J connectivity index is 0.886. The topological polar surface area (TPSA) is 205 Å². The Kier molecular flexibility index (Phi) is 14.0. The SMILES string of the molecule is CC(C)(C)OC(=O)NCCS(=O)(=O)Nc1ccc(C(=O)OCCC2=CN3C(=O)C(NC(=O)Cc4csc(NC(c5ccccc5)(c5ccccc5)c5ccccc5)n4)[C@@H]3SC2)cc1O. The molecule has 2 atom stereocenters. The van der Waals surface area contributed by atoms with E-state index in [1.165, 1.54) is 35.2 Å². The van der Waals surface area contributed by atoms with Gasteiger partial charge in [0.05, 0.1) is 35.7 Å². The Bertz CT molecular complexity index is 2520. The number of hydrogen-bond donors (Lipinski definition) is 5. The molecule has 2 aliphatic heterocycles. The van der Waals surface area contributed by atoms with Crippen molar-refractivity contribution in [3.05, 3.63) is 154 Å². The summed E-state index contributed by atoms with van der Waals surface area (Å²) >= 11 is 2.90. The highest BCUT2D eigenvalue weighted by Crippen LogP contribution is 2.41. The Morgan fingerprint density at radius 3 is 2.12 bits per heavy atom. The van der Waals surface area contributed by atoms with Gasteiger partial charge in [-0.15, -0.1) is 23.1 Å². The minimum atomic E-state index is -3.97. The van der Waals surface area contributed by atoms with Crippen molar-refractivity contribution in [2.75, 3.05) is 34.7 Å². The maximum atomic E-state index is 13.3. The number of anilines is 2. The molecule has 334 valence electrons. The largest absolute Gasteiger partial charge is 0.506 e. The average Bonchev–Trinajstić information content (AvgIpc) is 3.71. The fraction of sp³-hybridized carbons (Fsp3) is 0.283. The van der Waals surface area contributed by atoms with Crippen LogP contribution >= 0.6 is 23.1 Å². The van der Waals surface area contributed by atoms with Gasteiger partial charge in [-0.3, -0.25) is 14.3 Å². The summed E-state index contributed by atoms with van der Waals surface area (Å²) in [4.78, 5) is 57.5. The number of carbonyl (C=O) groups excluding carboxylic acids is 4. The molecule has 1 unspecified atom stereocenters. The van der Waals surface area contributed by atoms with Gasteiger partial charge in [-0.05, 0) is 61.2 Å². The molecule has 3 amide bonds. The zero-order valence-corrected chi connectivity index (χ0v) is 37.7. The molecule has 1 saturated heterocycles. The fourth-order valence-corrected chi connectivity index (χ4v) is 10.2. The van der Waals surface area contributed by atoms with E-state index in [1.807, 2.05) is 60.0 Å². The molecule has 0 spiro atoms. The van der Waals surface area contributed by atoms with Gasteiger partial charge in [-0.25, -0.2) is 23.0 Å². The van der Waals surface area contributed by atoms with Crippen LogP contribution < -0.4 is 20.7 Å². The van der Waals surface area contributed by atoms with Gasteiger partial charge in [0, 0.05) is 30.3 Å². The first-order valence-corrected chi connectivity index (χ1v) is 24.0. The third kappa shape index (κ3) is 11.0. The van der Waals surface area contributed by atoms with Gasteiger partial charge < -0.3 is 35.4 Å². The number of amides is 3. The molecule has 0 aliphatic carbocycles. The molecule has 64 heavy (non-hydrogen) atoms. The van der Waals surface area contributed by atoms with E-state index in [0.717, 1.165) is 28.3 Å². The molecule has 1 fully saturated rings. The number of benzene rings is 4. The monoisotopic (exact) mass is 924 g/mol. The van der Waals surface area contributed by atoms with E-state index in [4.69, 9.17) is 14.5 Å². The predicted molar refractivity (Wildman–Crippen MR) is 246 cm³/mol. The molecule has 0 saturated carbocycles. The van der Waals surface area contributed by atoms with E-state index in [2.05, 4.69) is 57.1 Å². The molecular weight excluding hydrogens is 877 g/mol. The lowest BCUT2D eigenvalue weighted by molar-refractivity contribution is -0.144. The number of rotatable bonds is 17. The van der Waals surface area contributed by atoms with Crippen molar-refractivity contribution in [1.29, 1.82) is 0 Å². The third-order valence-electron chi connectivity index (χ3n) is 10.2. The average molecular weight is 925 g/mol. The number of thiazole rings is 1. The van der Waals surface area contributed by atoms with Gasteiger partial charge in [0.1, 0.15) is 28.3 Å². The van der Waals surface area contributed by atoms with E-state index in [0.29, 0.717) is 23.0 Å². The van der Waals surface area contributed by atoms with E-state index in [-0.39, 0.29) is 48.0 Å². The van der Waals surface area contributed by atoms with Gasteiger partial charge in [-0.1, -0.05) is 91.0 Å². The minimum Gasteiger partial charge on any atom is -0.506 e. The quantitative estimate of drug-likeness (QED) is 0.0290. The smallest absolute Gasteiger partial charge is 0.407 e. The first-order valence-electron chi connectivity index (χ1n) is 20.4. The lowest BCUT2D eigenvalue weighted by Gasteiger charge is -2.47. The Labute approximate surface area is 379 Å². The molecule has 1 aromatic heterocycles. The Morgan fingerprint density at radius 2 is 1.53 bits per heavy atom. The number of β-lactam (4-membered cyclic amide) rings is 1. The number of carbonyl (C=O) groups is 4. The van der Waals surface area contributed by atoms with Crippen LogP contribution in [0.3, 0.4) is 0 Å². The summed E-state index contributed by atoms with van der Waals surface area (Å²) in [6.07, 6.45) is 1.30. The number of hydrogen-bond acceptors (Lipinski definition) is 13. The minimum absolute atomic E-state index is 0.000380. The predicted octanol–water partition coefficient (Wildman–Crippen LogP) is 6.59. The van der Waals surface area contributed by atoms with Crippen LogP contribution in [-0.2, 0) is 41.0 Å². The van der Waals surface area contributed by atoms with Crippen molar-refractivity contribution >= 4 is 67.8 Å². The number of aromatic nitrogens is 1. The summed E-state index contributed by atoms with van der Waals surface area (Å²) in [5.74, 6) is -1.73. The zero-order valence-electron chi connectivity index (χ0n) is 35.3. The highest BCUT2D eigenvalue weighted by atomic mass is 32.2. The Hall–Kier alpha value is -6.37. The molecule has 15 nitrogen and oxygen atoms in total. The second kappa shape index (κ2) is 19.6. The number of ether oxygens (including phenoxy) is 2. The van der Waals surface area contributed by atoms with Crippen LogP contribution in [0.1, 0.15) is 59.9 Å². The number of sulfonamides is 1. The summed E-state index contributed by atoms with van der Waals surface area (Å²) in [6, 6.07) is 33.4. The summed E-state index contributed by atoms with van der Waals surface area (Å²) in [6.45, 7) is 4.80. The molecule has 0 radical (unpaired) electrons. The van der Waals surface area contributed by atoms with E-state index in [1.54, 1.807) is 31.9 Å². The van der Waals surface area contributed by atoms with Gasteiger partial charge >= 0.3 is 12.1 Å². The molecule has 5 N–H and O–H groups in total. The van der Waals surface area contributed by atoms with Gasteiger partial charge in [0.2, 0.25) is 15.9 Å². The molecule has 18 heteroatoms. The van der Waals surface area contributed by atoms with Crippen molar-refractivity contribution in [3.8, 4) is 5.75 Å². The van der Waals surface area contributed by atoms with Crippen LogP contribution in [0.5, 0.6) is 5.75 Å². The number of phenolic OH excluding ortho intramolecular Hbond substituents is 1. The maximum Gasteiger partial charge on any atom is 0.407 e. The zero-order chi connectivity index (χ0) is 45.5. The van der Waals surface area contributed by atoms with Crippen LogP contribution in [-0.4, -0.2) is 89.0 Å². The van der Waals surface area contributed by atoms with Crippen molar-refractivity contribution in [2.45, 2.75) is 56.2 Å². The maximum absolute atomic E-state index is 13.3. The molecule has 2 aliphatic rings. The third-order valence-corrected chi connectivity index (χ3v) is 13.6. The van der Waals surface area contributed by atoms with E-state index in [9.17, 15) is 32.7 Å². The summed E-state index contributed by atoms with van der Waals surface area (Å²) in [5.41, 5.74) is 2.85. The molecule has 0 bridgehead atoms. The lowest BCUT2D eigenvalue weighted by atomic mass is 9.77. The number of thioether (sulfide) groups is 1. The van der Waals surface area contributed by atoms with Crippen LogP contribution in [0.25, 0.3) is 0 Å². The van der Waals surface area contributed by atoms with Crippen LogP contribution in [0.2, 0.25) is 0 Å². The van der Waals surface area contributed by atoms with Crippen LogP contribution in [0, 0.1) is 0 Å². The first kappa shape index (κ1) is 45.6. The second-order valence-corrected chi connectivity index (χ2v) is 19.8. The number of esters is 1. The number of aromatic hydroxyl groups is 1. The van der Waals surface area contributed by atoms with Crippen molar-refractivity contribution < 1.29 is 42.2 Å². The molecule has 3 heterocycles. The second-order valence-electron chi connectivity index (χ2n) is 16.0. The highest BCUT2D eigenvalue weighted by Gasteiger charge is 2.49. The molecule has 7 rings (SSSR count).